The van der Waals surface area contributed by atoms with E-state index in [0.717, 1.165) is 22.3 Å². The first-order valence-electron chi connectivity index (χ1n) is 9.05. The highest BCUT2D eigenvalue weighted by Gasteiger charge is 2.21. The van der Waals surface area contributed by atoms with E-state index < -0.39 is 0 Å². The van der Waals surface area contributed by atoms with Crippen molar-refractivity contribution in [2.45, 2.75) is 13.8 Å². The van der Waals surface area contributed by atoms with Gasteiger partial charge in [-0.25, -0.2) is 4.98 Å². The van der Waals surface area contributed by atoms with Gasteiger partial charge in [0.15, 0.2) is 11.7 Å². The summed E-state index contributed by atoms with van der Waals surface area (Å²) >= 11 is 7.43. The van der Waals surface area contributed by atoms with E-state index in [1.54, 1.807) is 29.2 Å². The summed E-state index contributed by atoms with van der Waals surface area (Å²) in [4.78, 5) is 21.5. The topological polar surface area (TPSA) is 45.7 Å². The second kappa shape index (κ2) is 10.3. The zero-order valence-electron chi connectivity index (χ0n) is 16.9. The molecule has 0 saturated carbocycles. The van der Waals surface area contributed by atoms with Crippen molar-refractivity contribution < 1.29 is 9.53 Å². The van der Waals surface area contributed by atoms with Crippen molar-refractivity contribution >= 4 is 56.6 Å². The molecule has 29 heavy (non-hydrogen) atoms. The first-order valence-corrected chi connectivity index (χ1v) is 10.2. The normalized spacial score (nSPS) is 10.8. The lowest BCUT2D eigenvalue weighted by Crippen LogP contribution is -2.39. The predicted molar refractivity (Wildman–Crippen MR) is 124 cm³/mol. The number of benzene rings is 2. The summed E-state index contributed by atoms with van der Waals surface area (Å²) in [6.07, 6.45) is 0. The maximum absolute atomic E-state index is 12.9. The van der Waals surface area contributed by atoms with Crippen LogP contribution >= 0.6 is 35.3 Å². The molecule has 0 spiro atoms. The number of amides is 1. The Bertz CT molecular complexity index is 974. The molecule has 0 aliphatic carbocycles. The van der Waals surface area contributed by atoms with Gasteiger partial charge >= 0.3 is 0 Å². The largest absolute Gasteiger partial charge is 0.484 e. The number of carbonyl (C=O) groups excluding carboxylic acids is 1. The molecule has 3 rings (SSSR count). The number of carbonyl (C=O) groups is 1. The molecule has 0 bridgehead atoms. The van der Waals surface area contributed by atoms with Crippen LogP contribution in [0, 0.1) is 13.8 Å². The van der Waals surface area contributed by atoms with Gasteiger partial charge < -0.3 is 9.64 Å². The third kappa shape index (κ3) is 5.82. The van der Waals surface area contributed by atoms with Crippen molar-refractivity contribution in [3.8, 4) is 5.75 Å². The van der Waals surface area contributed by atoms with Crippen LogP contribution in [0.1, 0.15) is 11.1 Å². The molecule has 0 radical (unpaired) electrons. The average molecular weight is 454 g/mol. The Morgan fingerprint density at radius 1 is 1.10 bits per heavy atom. The van der Waals surface area contributed by atoms with E-state index in [2.05, 4.69) is 26.0 Å². The molecule has 0 N–H and O–H groups in total. The molecule has 0 aliphatic rings. The third-order valence-corrected chi connectivity index (χ3v) is 5.85. The van der Waals surface area contributed by atoms with Crippen LogP contribution in [0.3, 0.4) is 0 Å². The number of aryl methyl sites for hydroxylation is 2. The van der Waals surface area contributed by atoms with Gasteiger partial charge in [0.05, 0.1) is 10.2 Å². The number of hydrogen-bond donors (Lipinski definition) is 0. The number of thiazole rings is 1. The van der Waals surface area contributed by atoms with Crippen LogP contribution in [0.25, 0.3) is 10.2 Å². The van der Waals surface area contributed by atoms with Crippen LogP contribution in [0.2, 0.25) is 5.02 Å². The van der Waals surface area contributed by atoms with Crippen LogP contribution in [0.5, 0.6) is 5.75 Å². The number of likely N-dealkylation sites (N-methyl/N-ethyl adjacent to an activating group) is 1. The zero-order valence-corrected chi connectivity index (χ0v) is 19.3. The lowest BCUT2D eigenvalue weighted by molar-refractivity contribution is -0.120. The fraction of sp³-hybridized carbons (Fsp3) is 0.333. The molecule has 0 aliphatic heterocycles. The molecule has 0 atom stereocenters. The molecule has 156 valence electrons. The van der Waals surface area contributed by atoms with E-state index in [1.807, 2.05) is 19.0 Å². The molecular weight excluding hydrogens is 429 g/mol. The fourth-order valence-electron chi connectivity index (χ4n) is 2.71. The summed E-state index contributed by atoms with van der Waals surface area (Å²) in [5.41, 5.74) is 3.31. The van der Waals surface area contributed by atoms with Gasteiger partial charge in [0.1, 0.15) is 5.75 Å². The molecule has 0 unspecified atom stereocenters. The number of ether oxygens (including phenoxy) is 1. The van der Waals surface area contributed by atoms with Gasteiger partial charge in [0.25, 0.3) is 5.91 Å². The molecule has 5 nitrogen and oxygen atoms in total. The molecular formula is C21H25Cl2N3O2S. The van der Waals surface area contributed by atoms with E-state index in [-0.39, 0.29) is 24.9 Å². The summed E-state index contributed by atoms with van der Waals surface area (Å²) in [7, 11) is 3.97. The van der Waals surface area contributed by atoms with Crippen LogP contribution < -0.4 is 9.64 Å². The maximum atomic E-state index is 12.9. The lowest BCUT2D eigenvalue weighted by atomic mass is 10.1. The van der Waals surface area contributed by atoms with E-state index in [9.17, 15) is 4.79 Å². The third-order valence-electron chi connectivity index (χ3n) is 4.55. The smallest absolute Gasteiger partial charge is 0.266 e. The Labute approximate surface area is 186 Å². The highest BCUT2D eigenvalue weighted by Crippen LogP contribution is 2.32. The Kier molecular flexibility index (Phi) is 8.28. The minimum atomic E-state index is -0.120. The van der Waals surface area contributed by atoms with Crippen LogP contribution in [-0.2, 0) is 4.79 Å². The monoisotopic (exact) mass is 453 g/mol. The van der Waals surface area contributed by atoms with Gasteiger partial charge in [0.2, 0.25) is 0 Å². The summed E-state index contributed by atoms with van der Waals surface area (Å²) < 4.78 is 6.75. The minimum Gasteiger partial charge on any atom is -0.484 e. The summed E-state index contributed by atoms with van der Waals surface area (Å²) in [5.74, 6) is 0.492. The minimum absolute atomic E-state index is 0. The van der Waals surface area contributed by atoms with Gasteiger partial charge in [-0.2, -0.15) is 0 Å². The highest BCUT2D eigenvalue weighted by atomic mass is 35.5. The van der Waals surface area contributed by atoms with E-state index >= 15 is 0 Å². The number of anilines is 1. The van der Waals surface area contributed by atoms with Crippen LogP contribution in [0.4, 0.5) is 5.13 Å². The van der Waals surface area contributed by atoms with E-state index in [0.29, 0.717) is 22.4 Å². The second-order valence-corrected chi connectivity index (χ2v) is 8.39. The van der Waals surface area contributed by atoms with Crippen molar-refractivity contribution in [2.75, 3.05) is 38.7 Å². The Hall–Kier alpha value is -1.86. The molecule has 0 saturated heterocycles. The Balaban J connectivity index is 0.00000300. The number of rotatable bonds is 7. The van der Waals surface area contributed by atoms with Crippen molar-refractivity contribution in [1.82, 2.24) is 9.88 Å². The first kappa shape index (κ1) is 23.4. The summed E-state index contributed by atoms with van der Waals surface area (Å²) in [6, 6.07) is 11.1. The van der Waals surface area contributed by atoms with Gasteiger partial charge in [-0.05, 0) is 69.4 Å². The standard InChI is InChI=1S/C21H24ClN3O2S.ClH/c1-14-5-10-18-20(15(14)2)23-21(28-18)25(12-11-24(3)4)19(26)13-27-17-8-6-16(22)7-9-17;/h5-10H,11-13H2,1-4H3;1H. The number of hydrogen-bond acceptors (Lipinski definition) is 5. The van der Waals surface area contributed by atoms with E-state index in [4.69, 9.17) is 21.3 Å². The quantitative estimate of drug-likeness (QED) is 0.506. The van der Waals surface area contributed by atoms with Crippen molar-refractivity contribution in [3.63, 3.8) is 0 Å². The fourth-order valence-corrected chi connectivity index (χ4v) is 3.90. The van der Waals surface area contributed by atoms with Gasteiger partial charge in [-0.3, -0.25) is 9.69 Å². The predicted octanol–water partition coefficient (Wildman–Crippen LogP) is 4.96. The SMILES string of the molecule is Cc1ccc2sc(N(CCN(C)C)C(=O)COc3ccc(Cl)cc3)nc2c1C.Cl. The van der Waals surface area contributed by atoms with E-state index in [1.165, 1.54) is 16.9 Å². The van der Waals surface area contributed by atoms with Gasteiger partial charge in [-0.15, -0.1) is 12.4 Å². The zero-order chi connectivity index (χ0) is 20.3. The second-order valence-electron chi connectivity index (χ2n) is 6.94. The molecule has 1 aromatic heterocycles. The Morgan fingerprint density at radius 3 is 2.45 bits per heavy atom. The highest BCUT2D eigenvalue weighted by molar-refractivity contribution is 7.22. The molecule has 3 aromatic rings. The van der Waals surface area contributed by atoms with Crippen molar-refractivity contribution in [1.29, 1.82) is 0 Å². The van der Waals surface area contributed by atoms with Gasteiger partial charge in [-0.1, -0.05) is 29.0 Å². The average Bonchev–Trinajstić information content (AvgIpc) is 3.09. The summed E-state index contributed by atoms with van der Waals surface area (Å²) in [5, 5.41) is 1.33. The van der Waals surface area contributed by atoms with Crippen molar-refractivity contribution in [2.24, 2.45) is 0 Å². The first-order chi connectivity index (χ1) is 13.3. The molecule has 1 amide bonds. The van der Waals surface area contributed by atoms with Crippen LogP contribution in [0.15, 0.2) is 36.4 Å². The number of halogens is 2. The Morgan fingerprint density at radius 2 is 1.79 bits per heavy atom. The molecule has 2 aromatic carbocycles. The van der Waals surface area contributed by atoms with Crippen LogP contribution in [-0.4, -0.2) is 49.6 Å². The van der Waals surface area contributed by atoms with Crippen molar-refractivity contribution in [3.05, 3.63) is 52.5 Å². The lowest BCUT2D eigenvalue weighted by Gasteiger charge is -2.22. The molecule has 8 heteroatoms. The number of aromatic nitrogens is 1. The number of nitrogens with zero attached hydrogens (tertiary/aromatic N) is 3. The molecule has 0 fully saturated rings. The number of fused-ring (bicyclic) bond motifs is 1. The summed E-state index contributed by atoms with van der Waals surface area (Å²) in [6.45, 7) is 5.37. The molecule has 1 heterocycles. The van der Waals surface area contributed by atoms with Gasteiger partial charge in [0, 0.05) is 18.1 Å². The maximum Gasteiger partial charge on any atom is 0.266 e.